The molecule has 1 saturated heterocycles. The quantitative estimate of drug-likeness (QED) is 0.436. The van der Waals surface area contributed by atoms with Crippen molar-refractivity contribution in [2.45, 2.75) is 35.9 Å². The minimum absolute atomic E-state index is 0. The number of halogens is 1. The van der Waals surface area contributed by atoms with E-state index >= 15 is 0 Å². The highest BCUT2D eigenvalue weighted by Gasteiger charge is 2.18. The fraction of sp³-hybridized carbons (Fsp3) is 0.529. The van der Waals surface area contributed by atoms with E-state index in [4.69, 9.17) is 9.72 Å². The fourth-order valence-corrected chi connectivity index (χ4v) is 5.45. The molecule has 1 atom stereocenters. The lowest BCUT2D eigenvalue weighted by atomic mass is 10.0. The molecule has 0 spiro atoms. The average molecular weight is 479 g/mol. The van der Waals surface area contributed by atoms with Gasteiger partial charge in [-0.3, -0.25) is 0 Å². The molecule has 3 rings (SSSR count). The minimum atomic E-state index is -0.292. The monoisotopic (exact) mass is 477 g/mol. The van der Waals surface area contributed by atoms with E-state index in [0.29, 0.717) is 10.9 Å². The minimum Gasteiger partial charge on any atom is -0.465 e. The van der Waals surface area contributed by atoms with Crippen molar-refractivity contribution in [3.05, 3.63) is 16.3 Å². The van der Waals surface area contributed by atoms with Crippen molar-refractivity contribution < 1.29 is 9.53 Å². The Bertz CT molecular complexity index is 714. The van der Waals surface area contributed by atoms with Crippen molar-refractivity contribution in [2.75, 3.05) is 31.8 Å². The standard InChI is InChI=1S/C17H23N3O2S3.BrH/c1-22-15(21)14-9-12(16(23-2)25-14)13-10-24-17(20-13)19-8-6-11-5-3-4-7-18-11;/h9-11,18H,3-8H2,1-2H3,(H,19,20);1H. The molecule has 2 N–H and O–H groups in total. The predicted octanol–water partition coefficient (Wildman–Crippen LogP) is 4.90. The van der Waals surface area contributed by atoms with Gasteiger partial charge in [0.25, 0.3) is 0 Å². The summed E-state index contributed by atoms with van der Waals surface area (Å²) in [5.74, 6) is -0.292. The molecule has 2 aromatic heterocycles. The predicted molar refractivity (Wildman–Crippen MR) is 118 cm³/mol. The van der Waals surface area contributed by atoms with Crippen LogP contribution in [0.25, 0.3) is 11.3 Å². The maximum absolute atomic E-state index is 11.8. The van der Waals surface area contributed by atoms with E-state index in [2.05, 4.69) is 10.6 Å². The SMILES string of the molecule is Br.COC(=O)c1cc(-c2csc(NCCC3CCCCN3)n2)c(SC)s1. The lowest BCUT2D eigenvalue weighted by Gasteiger charge is -2.23. The Morgan fingerprint density at radius 3 is 3.04 bits per heavy atom. The zero-order chi connectivity index (χ0) is 17.6. The van der Waals surface area contributed by atoms with Gasteiger partial charge in [-0.2, -0.15) is 0 Å². The van der Waals surface area contributed by atoms with E-state index in [1.165, 1.54) is 37.7 Å². The summed E-state index contributed by atoms with van der Waals surface area (Å²) in [4.78, 5) is 17.1. The Morgan fingerprint density at radius 1 is 1.50 bits per heavy atom. The van der Waals surface area contributed by atoms with Crippen molar-refractivity contribution in [1.29, 1.82) is 0 Å². The van der Waals surface area contributed by atoms with Crippen molar-refractivity contribution in [3.8, 4) is 11.3 Å². The number of hydrogen-bond acceptors (Lipinski definition) is 8. The Morgan fingerprint density at radius 2 is 2.35 bits per heavy atom. The van der Waals surface area contributed by atoms with E-state index < -0.39 is 0 Å². The summed E-state index contributed by atoms with van der Waals surface area (Å²) in [5, 5.41) is 9.98. The number of carbonyl (C=O) groups is 1. The molecule has 2 aromatic rings. The Kier molecular flexibility index (Phi) is 8.89. The fourth-order valence-electron chi connectivity index (χ4n) is 2.91. The number of thioether (sulfide) groups is 1. The summed E-state index contributed by atoms with van der Waals surface area (Å²) in [6.45, 7) is 2.07. The first-order valence-electron chi connectivity index (χ1n) is 8.40. The van der Waals surface area contributed by atoms with Gasteiger partial charge >= 0.3 is 5.97 Å². The average Bonchev–Trinajstić information content (AvgIpc) is 3.28. The first-order chi connectivity index (χ1) is 12.2. The van der Waals surface area contributed by atoms with Gasteiger partial charge < -0.3 is 15.4 Å². The second kappa shape index (κ2) is 10.7. The summed E-state index contributed by atoms with van der Waals surface area (Å²) in [6, 6.07) is 2.51. The first-order valence-corrected chi connectivity index (χ1v) is 11.3. The highest BCUT2D eigenvalue weighted by atomic mass is 79.9. The summed E-state index contributed by atoms with van der Waals surface area (Å²) in [7, 11) is 1.41. The van der Waals surface area contributed by atoms with Gasteiger partial charge in [0.15, 0.2) is 5.13 Å². The molecule has 144 valence electrons. The van der Waals surface area contributed by atoms with Crippen LogP contribution in [0, 0.1) is 0 Å². The highest BCUT2D eigenvalue weighted by Crippen LogP contribution is 2.39. The maximum atomic E-state index is 11.8. The van der Waals surface area contributed by atoms with Gasteiger partial charge in [-0.15, -0.1) is 51.4 Å². The zero-order valence-corrected chi connectivity index (χ0v) is 19.0. The van der Waals surface area contributed by atoms with Gasteiger partial charge in [0, 0.05) is 23.5 Å². The van der Waals surface area contributed by atoms with Crippen LogP contribution < -0.4 is 10.6 Å². The van der Waals surface area contributed by atoms with Crippen LogP contribution >= 0.6 is 51.4 Å². The lowest BCUT2D eigenvalue weighted by Crippen LogP contribution is -2.35. The Balaban J connectivity index is 0.00000243. The summed E-state index contributed by atoms with van der Waals surface area (Å²) >= 11 is 4.70. The number of anilines is 1. The molecule has 3 heterocycles. The molecular weight excluding hydrogens is 454 g/mol. The van der Waals surface area contributed by atoms with E-state index in [1.807, 2.05) is 17.7 Å². The molecule has 1 aliphatic rings. The normalized spacial score (nSPS) is 16.8. The molecule has 5 nitrogen and oxygen atoms in total. The van der Waals surface area contributed by atoms with E-state index in [0.717, 1.165) is 40.1 Å². The molecule has 26 heavy (non-hydrogen) atoms. The zero-order valence-electron chi connectivity index (χ0n) is 14.9. The van der Waals surface area contributed by atoms with Gasteiger partial charge in [-0.05, 0) is 38.1 Å². The summed E-state index contributed by atoms with van der Waals surface area (Å²) in [6.07, 6.45) is 7.03. The molecule has 1 unspecified atom stereocenters. The van der Waals surface area contributed by atoms with Crippen LogP contribution in [0.1, 0.15) is 35.4 Å². The molecular formula is C17H24BrN3O2S3. The van der Waals surface area contributed by atoms with Crippen LogP contribution in [0.5, 0.6) is 0 Å². The Hall–Kier alpha value is -0.610. The van der Waals surface area contributed by atoms with Crippen LogP contribution in [0.3, 0.4) is 0 Å². The first kappa shape index (κ1) is 21.7. The van der Waals surface area contributed by atoms with Crippen LogP contribution in [0.15, 0.2) is 15.7 Å². The molecule has 0 aliphatic carbocycles. The topological polar surface area (TPSA) is 63.2 Å². The number of aromatic nitrogens is 1. The molecule has 0 radical (unpaired) electrons. The second-order valence-corrected chi connectivity index (χ2v) is 8.89. The van der Waals surface area contributed by atoms with Crippen LogP contribution in [0.4, 0.5) is 5.13 Å². The maximum Gasteiger partial charge on any atom is 0.348 e. The largest absolute Gasteiger partial charge is 0.465 e. The van der Waals surface area contributed by atoms with Gasteiger partial charge in [-0.1, -0.05) is 6.42 Å². The van der Waals surface area contributed by atoms with Crippen LogP contribution in [-0.2, 0) is 4.74 Å². The smallest absolute Gasteiger partial charge is 0.348 e. The van der Waals surface area contributed by atoms with Crippen LogP contribution in [-0.4, -0.2) is 43.5 Å². The molecule has 0 bridgehead atoms. The van der Waals surface area contributed by atoms with Crippen molar-refractivity contribution in [2.24, 2.45) is 0 Å². The number of thiazole rings is 1. The molecule has 0 aromatic carbocycles. The van der Waals surface area contributed by atoms with Crippen molar-refractivity contribution >= 4 is 62.5 Å². The van der Waals surface area contributed by atoms with E-state index in [-0.39, 0.29) is 23.0 Å². The van der Waals surface area contributed by atoms with Gasteiger partial charge in [0.2, 0.25) is 0 Å². The number of nitrogens with zero attached hydrogens (tertiary/aromatic N) is 1. The lowest BCUT2D eigenvalue weighted by molar-refractivity contribution is 0.0606. The Labute approximate surface area is 177 Å². The molecule has 0 amide bonds. The number of carbonyl (C=O) groups excluding carboxylic acids is 1. The van der Waals surface area contributed by atoms with E-state index in [1.54, 1.807) is 23.1 Å². The third-order valence-electron chi connectivity index (χ3n) is 4.23. The highest BCUT2D eigenvalue weighted by molar-refractivity contribution is 8.93. The van der Waals surface area contributed by atoms with E-state index in [9.17, 15) is 4.79 Å². The third kappa shape index (κ3) is 5.45. The molecule has 1 aliphatic heterocycles. The molecule has 1 fully saturated rings. The number of piperidine rings is 1. The summed E-state index contributed by atoms with van der Waals surface area (Å²) in [5.41, 5.74) is 1.93. The number of ether oxygens (including phenoxy) is 1. The number of methoxy groups -OCH3 is 1. The van der Waals surface area contributed by atoms with Gasteiger partial charge in [-0.25, -0.2) is 9.78 Å². The van der Waals surface area contributed by atoms with Crippen molar-refractivity contribution in [3.63, 3.8) is 0 Å². The van der Waals surface area contributed by atoms with Gasteiger partial charge in [0.05, 0.1) is 17.0 Å². The van der Waals surface area contributed by atoms with Crippen molar-refractivity contribution in [1.82, 2.24) is 10.3 Å². The van der Waals surface area contributed by atoms with Gasteiger partial charge in [0.1, 0.15) is 4.88 Å². The molecule has 0 saturated carbocycles. The number of thiophene rings is 1. The number of esters is 1. The van der Waals surface area contributed by atoms with Crippen LogP contribution in [0.2, 0.25) is 0 Å². The number of hydrogen-bond donors (Lipinski definition) is 2. The molecule has 9 heteroatoms. The second-order valence-electron chi connectivity index (χ2n) is 5.91. The third-order valence-corrected chi connectivity index (χ3v) is 7.28. The summed E-state index contributed by atoms with van der Waals surface area (Å²) < 4.78 is 5.91. The number of rotatable bonds is 7. The number of nitrogens with one attached hydrogen (secondary N) is 2.